The van der Waals surface area contributed by atoms with Crippen molar-refractivity contribution in [2.24, 2.45) is 5.92 Å². The molecule has 0 aromatic heterocycles. The van der Waals surface area contributed by atoms with Gasteiger partial charge in [-0.05, 0) is 36.1 Å². The van der Waals surface area contributed by atoms with E-state index in [2.05, 4.69) is 13.8 Å². The first kappa shape index (κ1) is 17.3. The Bertz CT molecular complexity index is 460. The molecule has 21 heavy (non-hydrogen) atoms. The Balaban J connectivity index is 2.83. The maximum Gasteiger partial charge on any atom is 0.331 e. The molecule has 0 fully saturated rings. The molecule has 0 radical (unpaired) electrons. The lowest BCUT2D eigenvalue weighted by molar-refractivity contribution is -0.132. The number of carboxylic acids is 1. The first-order chi connectivity index (χ1) is 10.1. The minimum Gasteiger partial charge on any atom is -0.497 e. The maximum absolute atomic E-state index is 11.5. The van der Waals surface area contributed by atoms with Crippen molar-refractivity contribution in [1.29, 1.82) is 0 Å². The molecule has 0 heterocycles. The predicted octanol–water partition coefficient (Wildman–Crippen LogP) is 4.77. The Morgan fingerprint density at radius 3 is 2.43 bits per heavy atom. The number of ether oxygens (including phenoxy) is 1. The number of carboxylic acid groups (broad SMARTS) is 1. The number of benzene rings is 1. The number of hydrogen-bond acceptors (Lipinski definition) is 2. The first-order valence-electron chi connectivity index (χ1n) is 7.68. The SMILES string of the molecule is CCCCC(CC)C/C(=C/c1ccc(OC)cc1)C(=O)O. The molecule has 116 valence electrons. The second kappa shape index (κ2) is 9.22. The van der Waals surface area contributed by atoms with Crippen LogP contribution in [0.3, 0.4) is 0 Å². The molecule has 0 aliphatic rings. The quantitative estimate of drug-likeness (QED) is 0.666. The van der Waals surface area contributed by atoms with Crippen LogP contribution in [0.2, 0.25) is 0 Å². The summed E-state index contributed by atoms with van der Waals surface area (Å²) in [5.41, 5.74) is 1.39. The molecule has 1 aromatic carbocycles. The fourth-order valence-electron chi connectivity index (χ4n) is 2.36. The van der Waals surface area contributed by atoms with Crippen molar-refractivity contribution in [2.75, 3.05) is 7.11 Å². The summed E-state index contributed by atoms with van der Waals surface area (Å²) in [7, 11) is 1.62. The van der Waals surface area contributed by atoms with Gasteiger partial charge in [-0.1, -0.05) is 51.7 Å². The van der Waals surface area contributed by atoms with Gasteiger partial charge in [0, 0.05) is 5.57 Å². The molecule has 1 atom stereocenters. The Labute approximate surface area is 127 Å². The number of hydrogen-bond donors (Lipinski definition) is 1. The van der Waals surface area contributed by atoms with E-state index in [0.717, 1.165) is 37.0 Å². The number of unbranched alkanes of at least 4 members (excludes halogenated alkanes) is 1. The third-order valence-corrected chi connectivity index (χ3v) is 3.78. The lowest BCUT2D eigenvalue weighted by Crippen LogP contribution is -2.08. The zero-order valence-electron chi connectivity index (χ0n) is 13.3. The van der Waals surface area contributed by atoms with Gasteiger partial charge in [-0.25, -0.2) is 4.79 Å². The molecule has 3 nitrogen and oxygen atoms in total. The van der Waals surface area contributed by atoms with E-state index in [9.17, 15) is 9.90 Å². The first-order valence-corrected chi connectivity index (χ1v) is 7.68. The van der Waals surface area contributed by atoms with Gasteiger partial charge in [-0.2, -0.15) is 0 Å². The zero-order valence-corrected chi connectivity index (χ0v) is 13.3. The third kappa shape index (κ3) is 6.03. The van der Waals surface area contributed by atoms with Crippen molar-refractivity contribution in [1.82, 2.24) is 0 Å². The highest BCUT2D eigenvalue weighted by Gasteiger charge is 2.14. The molecular weight excluding hydrogens is 264 g/mol. The normalized spacial score (nSPS) is 13.0. The Morgan fingerprint density at radius 1 is 1.29 bits per heavy atom. The smallest absolute Gasteiger partial charge is 0.331 e. The number of aliphatic carboxylic acids is 1. The zero-order chi connectivity index (χ0) is 15.7. The van der Waals surface area contributed by atoms with E-state index in [-0.39, 0.29) is 0 Å². The summed E-state index contributed by atoms with van der Waals surface area (Å²) in [6, 6.07) is 7.46. The van der Waals surface area contributed by atoms with Crippen LogP contribution in [0.5, 0.6) is 5.75 Å². The van der Waals surface area contributed by atoms with Gasteiger partial charge < -0.3 is 9.84 Å². The standard InChI is InChI=1S/C18H26O3/c1-4-6-7-14(5-2)12-16(18(19)20)13-15-8-10-17(21-3)11-9-15/h8-11,13-14H,4-7,12H2,1-3H3,(H,19,20)/b16-13-. The van der Waals surface area contributed by atoms with Crippen molar-refractivity contribution < 1.29 is 14.6 Å². The van der Waals surface area contributed by atoms with E-state index in [1.807, 2.05) is 24.3 Å². The number of rotatable bonds is 9. The molecular formula is C18H26O3. The van der Waals surface area contributed by atoms with Crippen molar-refractivity contribution in [3.05, 3.63) is 35.4 Å². The molecule has 0 amide bonds. The summed E-state index contributed by atoms with van der Waals surface area (Å²) >= 11 is 0. The van der Waals surface area contributed by atoms with Crippen LogP contribution >= 0.6 is 0 Å². The minimum atomic E-state index is -0.819. The van der Waals surface area contributed by atoms with E-state index in [4.69, 9.17) is 4.74 Å². The predicted molar refractivity (Wildman–Crippen MR) is 86.5 cm³/mol. The molecule has 0 saturated carbocycles. The van der Waals surface area contributed by atoms with Gasteiger partial charge in [0.25, 0.3) is 0 Å². The molecule has 1 unspecified atom stereocenters. The molecule has 0 aliphatic heterocycles. The highest BCUT2D eigenvalue weighted by Crippen LogP contribution is 2.23. The van der Waals surface area contributed by atoms with Crippen molar-refractivity contribution in [3.63, 3.8) is 0 Å². The highest BCUT2D eigenvalue weighted by molar-refractivity contribution is 5.92. The largest absolute Gasteiger partial charge is 0.497 e. The van der Waals surface area contributed by atoms with E-state index < -0.39 is 5.97 Å². The van der Waals surface area contributed by atoms with Crippen LogP contribution in [0.1, 0.15) is 51.5 Å². The Hall–Kier alpha value is -1.77. The fourth-order valence-corrected chi connectivity index (χ4v) is 2.36. The monoisotopic (exact) mass is 290 g/mol. The third-order valence-electron chi connectivity index (χ3n) is 3.78. The van der Waals surface area contributed by atoms with Gasteiger partial charge in [-0.3, -0.25) is 0 Å². The van der Waals surface area contributed by atoms with Crippen LogP contribution in [0.25, 0.3) is 6.08 Å². The van der Waals surface area contributed by atoms with Crippen LogP contribution in [0.15, 0.2) is 29.8 Å². The molecule has 3 heteroatoms. The average Bonchev–Trinajstić information content (AvgIpc) is 2.50. The van der Waals surface area contributed by atoms with Gasteiger partial charge in [0.15, 0.2) is 0 Å². The molecule has 0 saturated heterocycles. The van der Waals surface area contributed by atoms with Crippen molar-refractivity contribution in [2.45, 2.75) is 46.0 Å². The molecule has 1 aromatic rings. The van der Waals surface area contributed by atoms with E-state index in [0.29, 0.717) is 17.9 Å². The Kier molecular flexibility index (Phi) is 7.59. The topological polar surface area (TPSA) is 46.5 Å². The van der Waals surface area contributed by atoms with Crippen LogP contribution < -0.4 is 4.74 Å². The minimum absolute atomic E-state index is 0.450. The summed E-state index contributed by atoms with van der Waals surface area (Å²) in [5.74, 6) is 0.407. The lowest BCUT2D eigenvalue weighted by Gasteiger charge is -2.14. The van der Waals surface area contributed by atoms with Gasteiger partial charge in [0.05, 0.1) is 7.11 Å². The molecule has 1 N–H and O–H groups in total. The molecule has 0 aliphatic carbocycles. The van der Waals surface area contributed by atoms with Crippen LogP contribution in [-0.2, 0) is 4.79 Å². The molecule has 1 rings (SSSR count). The van der Waals surface area contributed by atoms with Crippen LogP contribution in [0, 0.1) is 5.92 Å². The van der Waals surface area contributed by atoms with Crippen LogP contribution in [-0.4, -0.2) is 18.2 Å². The molecule has 0 spiro atoms. The fraction of sp³-hybridized carbons (Fsp3) is 0.500. The summed E-state index contributed by atoms with van der Waals surface area (Å²) in [4.78, 5) is 11.5. The summed E-state index contributed by atoms with van der Waals surface area (Å²) in [5, 5.41) is 9.41. The second-order valence-corrected chi connectivity index (χ2v) is 5.37. The highest BCUT2D eigenvalue weighted by atomic mass is 16.5. The summed E-state index contributed by atoms with van der Waals surface area (Å²) < 4.78 is 5.11. The van der Waals surface area contributed by atoms with Gasteiger partial charge in [0.2, 0.25) is 0 Å². The second-order valence-electron chi connectivity index (χ2n) is 5.37. The van der Waals surface area contributed by atoms with Crippen molar-refractivity contribution in [3.8, 4) is 5.75 Å². The van der Waals surface area contributed by atoms with E-state index in [1.54, 1.807) is 13.2 Å². The number of carbonyl (C=O) groups is 1. The van der Waals surface area contributed by atoms with E-state index >= 15 is 0 Å². The van der Waals surface area contributed by atoms with Crippen LogP contribution in [0.4, 0.5) is 0 Å². The molecule has 0 bridgehead atoms. The Morgan fingerprint density at radius 2 is 1.95 bits per heavy atom. The van der Waals surface area contributed by atoms with E-state index in [1.165, 1.54) is 0 Å². The average molecular weight is 290 g/mol. The number of methoxy groups -OCH3 is 1. The summed E-state index contributed by atoms with van der Waals surface area (Å²) in [6.45, 7) is 4.30. The summed E-state index contributed by atoms with van der Waals surface area (Å²) in [6.07, 6.45) is 6.84. The van der Waals surface area contributed by atoms with Crippen molar-refractivity contribution >= 4 is 12.0 Å². The van der Waals surface area contributed by atoms with Gasteiger partial charge in [-0.15, -0.1) is 0 Å². The lowest BCUT2D eigenvalue weighted by atomic mass is 9.91. The maximum atomic E-state index is 11.5. The van der Waals surface area contributed by atoms with Gasteiger partial charge in [0.1, 0.15) is 5.75 Å². The van der Waals surface area contributed by atoms with Gasteiger partial charge >= 0.3 is 5.97 Å².